The van der Waals surface area contributed by atoms with Crippen LogP contribution in [-0.2, 0) is 4.79 Å². The van der Waals surface area contributed by atoms with Gasteiger partial charge in [0.2, 0.25) is 5.91 Å². The van der Waals surface area contributed by atoms with E-state index in [1.165, 1.54) is 6.07 Å². The molecule has 4 nitrogen and oxygen atoms in total. The van der Waals surface area contributed by atoms with E-state index in [1.54, 1.807) is 0 Å². The molecule has 1 aromatic rings. The third-order valence-electron chi connectivity index (χ3n) is 2.56. The van der Waals surface area contributed by atoms with Crippen molar-refractivity contribution in [2.24, 2.45) is 0 Å². The van der Waals surface area contributed by atoms with Crippen molar-refractivity contribution in [1.29, 1.82) is 0 Å². The molecule has 0 aliphatic heterocycles. The predicted molar refractivity (Wildman–Crippen MR) is 67.5 cm³/mol. The Kier molecular flexibility index (Phi) is 6.38. The van der Waals surface area contributed by atoms with Gasteiger partial charge < -0.3 is 15.7 Å². The first kappa shape index (κ1) is 15.5. The molecule has 19 heavy (non-hydrogen) atoms. The minimum atomic E-state index is -1.07. The van der Waals surface area contributed by atoms with Crippen LogP contribution < -0.4 is 10.6 Å². The molecule has 0 fully saturated rings. The molecule has 0 heterocycles. The molecule has 0 saturated heterocycles. The van der Waals surface area contributed by atoms with Gasteiger partial charge in [0, 0.05) is 37.7 Å². The standard InChI is InChI=1S/C13H18F2N2O2/c1-2-17-13(19)5-6-16-8-12(18)10-4-3-9(14)7-11(10)15/h3-4,7,12,16,18H,2,5-6,8H2,1H3,(H,17,19). The highest BCUT2D eigenvalue weighted by Gasteiger charge is 2.13. The third kappa shape index (κ3) is 5.32. The summed E-state index contributed by atoms with van der Waals surface area (Å²) in [4.78, 5) is 11.1. The van der Waals surface area contributed by atoms with E-state index in [-0.39, 0.29) is 24.4 Å². The molecule has 0 saturated carbocycles. The highest BCUT2D eigenvalue weighted by Crippen LogP contribution is 2.17. The van der Waals surface area contributed by atoms with Gasteiger partial charge in [-0.25, -0.2) is 8.78 Å². The van der Waals surface area contributed by atoms with Crippen molar-refractivity contribution in [1.82, 2.24) is 10.6 Å². The fourth-order valence-electron chi connectivity index (χ4n) is 1.61. The van der Waals surface area contributed by atoms with Crippen LogP contribution >= 0.6 is 0 Å². The number of hydrogen-bond acceptors (Lipinski definition) is 3. The second kappa shape index (κ2) is 7.81. The van der Waals surface area contributed by atoms with Gasteiger partial charge in [0.15, 0.2) is 0 Å². The number of hydrogen-bond donors (Lipinski definition) is 3. The van der Waals surface area contributed by atoms with Crippen LogP contribution in [0.4, 0.5) is 8.78 Å². The molecule has 1 rings (SSSR count). The van der Waals surface area contributed by atoms with Crippen molar-refractivity contribution in [2.45, 2.75) is 19.4 Å². The highest BCUT2D eigenvalue weighted by molar-refractivity contribution is 5.75. The Balaban J connectivity index is 2.35. The van der Waals surface area contributed by atoms with E-state index in [9.17, 15) is 18.7 Å². The molecule has 0 aliphatic carbocycles. The zero-order valence-electron chi connectivity index (χ0n) is 10.7. The van der Waals surface area contributed by atoms with Crippen LogP contribution in [0.2, 0.25) is 0 Å². The number of aliphatic hydroxyl groups excluding tert-OH is 1. The Morgan fingerprint density at radius 3 is 2.79 bits per heavy atom. The average molecular weight is 272 g/mol. The van der Waals surface area contributed by atoms with Crippen LogP contribution in [0.1, 0.15) is 25.0 Å². The Morgan fingerprint density at radius 1 is 1.42 bits per heavy atom. The maximum Gasteiger partial charge on any atom is 0.221 e. The summed E-state index contributed by atoms with van der Waals surface area (Å²) in [7, 11) is 0. The molecule has 0 spiro atoms. The molecule has 0 aromatic heterocycles. The van der Waals surface area contributed by atoms with Crippen molar-refractivity contribution >= 4 is 5.91 Å². The van der Waals surface area contributed by atoms with Gasteiger partial charge in [-0.3, -0.25) is 4.79 Å². The van der Waals surface area contributed by atoms with Crippen molar-refractivity contribution in [3.05, 3.63) is 35.4 Å². The molecular weight excluding hydrogens is 254 g/mol. The Labute approximate surface area is 110 Å². The number of halogens is 2. The average Bonchev–Trinajstić information content (AvgIpc) is 2.34. The van der Waals surface area contributed by atoms with E-state index >= 15 is 0 Å². The maximum absolute atomic E-state index is 13.3. The summed E-state index contributed by atoms with van der Waals surface area (Å²) >= 11 is 0. The normalized spacial score (nSPS) is 12.2. The fourth-order valence-corrected chi connectivity index (χ4v) is 1.61. The number of amides is 1. The van der Waals surface area contributed by atoms with Gasteiger partial charge in [0.1, 0.15) is 11.6 Å². The Bertz CT molecular complexity index is 427. The van der Waals surface area contributed by atoms with E-state index in [2.05, 4.69) is 10.6 Å². The van der Waals surface area contributed by atoms with Gasteiger partial charge in [-0.05, 0) is 13.0 Å². The van der Waals surface area contributed by atoms with Crippen molar-refractivity contribution in [3.63, 3.8) is 0 Å². The summed E-state index contributed by atoms with van der Waals surface area (Å²) < 4.78 is 26.0. The lowest BCUT2D eigenvalue weighted by Gasteiger charge is -2.13. The molecule has 3 N–H and O–H groups in total. The van der Waals surface area contributed by atoms with E-state index < -0.39 is 17.7 Å². The molecule has 6 heteroatoms. The summed E-state index contributed by atoms with van der Waals surface area (Å²) in [5, 5.41) is 15.2. The predicted octanol–water partition coefficient (Wildman–Crippen LogP) is 1.11. The van der Waals surface area contributed by atoms with Crippen molar-refractivity contribution in [3.8, 4) is 0 Å². The highest BCUT2D eigenvalue weighted by atomic mass is 19.1. The number of carbonyl (C=O) groups is 1. The summed E-state index contributed by atoms with van der Waals surface area (Å²) in [6.07, 6.45) is -0.790. The molecule has 0 radical (unpaired) electrons. The smallest absolute Gasteiger partial charge is 0.221 e. The lowest BCUT2D eigenvalue weighted by atomic mass is 10.1. The van der Waals surface area contributed by atoms with E-state index in [0.29, 0.717) is 13.1 Å². The first-order valence-corrected chi connectivity index (χ1v) is 6.15. The first-order chi connectivity index (χ1) is 9.04. The van der Waals surface area contributed by atoms with E-state index in [4.69, 9.17) is 0 Å². The Morgan fingerprint density at radius 2 is 2.16 bits per heavy atom. The molecule has 1 unspecified atom stereocenters. The topological polar surface area (TPSA) is 61.4 Å². The summed E-state index contributed by atoms with van der Waals surface area (Å²) in [6, 6.07) is 3.03. The zero-order chi connectivity index (χ0) is 14.3. The minimum Gasteiger partial charge on any atom is -0.387 e. The molecule has 0 aliphatic rings. The van der Waals surface area contributed by atoms with Crippen LogP contribution in [0, 0.1) is 11.6 Å². The second-order valence-corrected chi connectivity index (χ2v) is 4.09. The third-order valence-corrected chi connectivity index (χ3v) is 2.56. The molecule has 0 bridgehead atoms. The van der Waals surface area contributed by atoms with Crippen LogP contribution in [0.3, 0.4) is 0 Å². The monoisotopic (exact) mass is 272 g/mol. The van der Waals surface area contributed by atoms with Gasteiger partial charge in [-0.2, -0.15) is 0 Å². The Hall–Kier alpha value is -1.53. The largest absolute Gasteiger partial charge is 0.387 e. The van der Waals surface area contributed by atoms with Gasteiger partial charge in [-0.15, -0.1) is 0 Å². The fraction of sp³-hybridized carbons (Fsp3) is 0.462. The molecular formula is C13H18F2N2O2. The second-order valence-electron chi connectivity index (χ2n) is 4.09. The number of carbonyl (C=O) groups excluding carboxylic acids is 1. The van der Waals surface area contributed by atoms with Crippen LogP contribution in [0.15, 0.2) is 18.2 Å². The molecule has 1 aromatic carbocycles. The zero-order valence-corrected chi connectivity index (χ0v) is 10.7. The number of rotatable bonds is 7. The SMILES string of the molecule is CCNC(=O)CCNCC(O)c1ccc(F)cc1F. The van der Waals surface area contributed by atoms with Crippen LogP contribution in [0.25, 0.3) is 0 Å². The number of nitrogens with one attached hydrogen (secondary N) is 2. The molecule has 106 valence electrons. The lowest BCUT2D eigenvalue weighted by molar-refractivity contribution is -0.120. The van der Waals surface area contributed by atoms with E-state index in [1.807, 2.05) is 6.92 Å². The number of aliphatic hydroxyl groups is 1. The van der Waals surface area contributed by atoms with E-state index in [0.717, 1.165) is 12.1 Å². The van der Waals surface area contributed by atoms with Gasteiger partial charge >= 0.3 is 0 Å². The first-order valence-electron chi connectivity index (χ1n) is 6.15. The lowest BCUT2D eigenvalue weighted by Crippen LogP contribution is -2.29. The van der Waals surface area contributed by atoms with Gasteiger partial charge in [0.25, 0.3) is 0 Å². The van der Waals surface area contributed by atoms with Crippen LogP contribution in [0.5, 0.6) is 0 Å². The van der Waals surface area contributed by atoms with Crippen molar-refractivity contribution < 1.29 is 18.7 Å². The number of benzene rings is 1. The van der Waals surface area contributed by atoms with Gasteiger partial charge in [0.05, 0.1) is 6.10 Å². The minimum absolute atomic E-state index is 0.0342. The van der Waals surface area contributed by atoms with Gasteiger partial charge in [-0.1, -0.05) is 6.07 Å². The maximum atomic E-state index is 13.3. The quantitative estimate of drug-likeness (QED) is 0.652. The van der Waals surface area contributed by atoms with Crippen LogP contribution in [-0.4, -0.2) is 30.6 Å². The summed E-state index contributed by atoms with van der Waals surface area (Å²) in [5.41, 5.74) is 0.0342. The molecule has 1 atom stereocenters. The molecule has 1 amide bonds. The summed E-state index contributed by atoms with van der Waals surface area (Å²) in [6.45, 7) is 2.88. The van der Waals surface area contributed by atoms with Crippen molar-refractivity contribution in [2.75, 3.05) is 19.6 Å². The summed E-state index contributed by atoms with van der Waals surface area (Å²) in [5.74, 6) is -1.55.